The van der Waals surface area contributed by atoms with E-state index in [9.17, 15) is 14.7 Å². The second-order valence-electron chi connectivity index (χ2n) is 4.97. The van der Waals surface area contributed by atoms with Crippen LogP contribution in [0.1, 0.15) is 20.8 Å². The Kier molecular flexibility index (Phi) is 3.64. The normalized spacial score (nSPS) is 10.4. The van der Waals surface area contributed by atoms with E-state index in [0.29, 0.717) is 0 Å². The molecule has 0 aliphatic rings. The second kappa shape index (κ2) is 5.76. The fourth-order valence-corrected chi connectivity index (χ4v) is 2.19. The fraction of sp³-hybridized carbons (Fsp3) is 0. The number of nitrogens with two attached hydrogens (primary N) is 1. The molecule has 1 heterocycles. The van der Waals surface area contributed by atoms with E-state index >= 15 is 0 Å². The topological polar surface area (TPSA) is 105 Å². The van der Waals surface area contributed by atoms with E-state index in [-0.39, 0.29) is 22.7 Å². The number of anilines is 1. The number of nitrogens with zero attached hydrogens (tertiary/aromatic N) is 1. The Labute approximate surface area is 131 Å². The van der Waals surface area contributed by atoms with Crippen LogP contribution in [-0.2, 0) is 0 Å². The fourth-order valence-electron chi connectivity index (χ4n) is 2.19. The average molecular weight is 307 g/mol. The molecule has 0 fully saturated rings. The van der Waals surface area contributed by atoms with Gasteiger partial charge in [-0.25, -0.2) is 0 Å². The van der Waals surface area contributed by atoms with Gasteiger partial charge in [0.1, 0.15) is 11.4 Å². The van der Waals surface area contributed by atoms with Crippen LogP contribution in [0.25, 0.3) is 10.8 Å². The van der Waals surface area contributed by atoms with E-state index in [2.05, 4.69) is 10.3 Å². The van der Waals surface area contributed by atoms with Crippen LogP contribution in [-0.4, -0.2) is 21.9 Å². The average Bonchev–Trinajstić information content (AvgIpc) is 2.55. The lowest BCUT2D eigenvalue weighted by Gasteiger charge is -2.09. The van der Waals surface area contributed by atoms with Gasteiger partial charge in [0.05, 0.1) is 11.3 Å². The van der Waals surface area contributed by atoms with Crippen molar-refractivity contribution in [2.24, 2.45) is 5.73 Å². The van der Waals surface area contributed by atoms with Gasteiger partial charge in [-0.2, -0.15) is 0 Å². The number of benzene rings is 2. The number of carbonyl (C=O) groups excluding carboxylic acids is 2. The summed E-state index contributed by atoms with van der Waals surface area (Å²) in [6, 6.07) is 13.6. The van der Waals surface area contributed by atoms with E-state index < -0.39 is 11.8 Å². The SMILES string of the molecule is NC(=O)c1ccc(C(=O)Nc2cc3ccccc3cc2O)nc1. The zero-order valence-electron chi connectivity index (χ0n) is 12.0. The van der Waals surface area contributed by atoms with Gasteiger partial charge in [0.15, 0.2) is 0 Å². The highest BCUT2D eigenvalue weighted by Crippen LogP contribution is 2.29. The monoisotopic (exact) mass is 307 g/mol. The molecular formula is C17H13N3O3. The molecule has 0 spiro atoms. The summed E-state index contributed by atoms with van der Waals surface area (Å²) >= 11 is 0. The molecule has 114 valence electrons. The molecule has 0 radical (unpaired) electrons. The van der Waals surface area contributed by atoms with Crippen molar-refractivity contribution in [1.29, 1.82) is 0 Å². The molecule has 0 aliphatic carbocycles. The van der Waals surface area contributed by atoms with Gasteiger partial charge in [-0.3, -0.25) is 14.6 Å². The lowest BCUT2D eigenvalue weighted by Crippen LogP contribution is -2.16. The number of primary amides is 1. The summed E-state index contributed by atoms with van der Waals surface area (Å²) in [7, 11) is 0. The highest BCUT2D eigenvalue weighted by molar-refractivity contribution is 6.05. The molecule has 3 rings (SSSR count). The number of aromatic nitrogens is 1. The minimum Gasteiger partial charge on any atom is -0.506 e. The minimum atomic E-state index is -0.614. The molecule has 6 nitrogen and oxygen atoms in total. The van der Waals surface area contributed by atoms with E-state index in [1.807, 2.05) is 24.3 Å². The van der Waals surface area contributed by atoms with Crippen LogP contribution < -0.4 is 11.1 Å². The number of nitrogens with one attached hydrogen (secondary N) is 1. The number of hydrogen-bond acceptors (Lipinski definition) is 4. The maximum absolute atomic E-state index is 12.2. The Morgan fingerprint density at radius 3 is 2.35 bits per heavy atom. The molecule has 3 aromatic rings. The molecular weight excluding hydrogens is 294 g/mol. The summed E-state index contributed by atoms with van der Waals surface area (Å²) in [6.45, 7) is 0. The first-order valence-electron chi connectivity index (χ1n) is 6.83. The minimum absolute atomic E-state index is 0.0363. The van der Waals surface area contributed by atoms with Crippen LogP contribution >= 0.6 is 0 Å². The van der Waals surface area contributed by atoms with Gasteiger partial charge in [-0.05, 0) is 35.0 Å². The van der Waals surface area contributed by atoms with Gasteiger partial charge in [0.2, 0.25) is 5.91 Å². The number of fused-ring (bicyclic) bond motifs is 1. The number of aromatic hydroxyl groups is 1. The zero-order chi connectivity index (χ0) is 16.4. The summed E-state index contributed by atoms with van der Waals surface area (Å²) < 4.78 is 0. The van der Waals surface area contributed by atoms with Crippen molar-refractivity contribution in [2.75, 3.05) is 5.32 Å². The van der Waals surface area contributed by atoms with Gasteiger partial charge >= 0.3 is 0 Å². The number of hydrogen-bond donors (Lipinski definition) is 3. The highest BCUT2D eigenvalue weighted by Gasteiger charge is 2.12. The van der Waals surface area contributed by atoms with Gasteiger partial charge < -0.3 is 16.2 Å². The Bertz CT molecular complexity index is 905. The molecule has 23 heavy (non-hydrogen) atoms. The number of phenolic OH excluding ortho intramolecular Hbond substituents is 1. The molecule has 0 saturated carbocycles. The van der Waals surface area contributed by atoms with Gasteiger partial charge in [-0.1, -0.05) is 24.3 Å². The van der Waals surface area contributed by atoms with Crippen molar-refractivity contribution in [1.82, 2.24) is 4.98 Å². The number of pyridine rings is 1. The summed E-state index contributed by atoms with van der Waals surface area (Å²) in [5.41, 5.74) is 5.74. The first-order chi connectivity index (χ1) is 11.0. The number of carbonyl (C=O) groups is 2. The standard InChI is InChI=1S/C17H13N3O3/c18-16(22)12-5-6-13(19-9-12)17(23)20-14-7-10-3-1-2-4-11(10)8-15(14)21/h1-9,21H,(H2,18,22)(H,20,23). The lowest BCUT2D eigenvalue weighted by molar-refractivity contribution is 0.0993. The lowest BCUT2D eigenvalue weighted by atomic mass is 10.1. The largest absolute Gasteiger partial charge is 0.506 e. The summed E-state index contributed by atoms with van der Waals surface area (Å²) in [4.78, 5) is 27.1. The van der Waals surface area contributed by atoms with Crippen LogP contribution in [0.3, 0.4) is 0 Å². The third-order valence-electron chi connectivity index (χ3n) is 3.39. The molecule has 0 unspecified atom stereocenters. The summed E-state index contributed by atoms with van der Waals surface area (Å²) in [5, 5.41) is 14.4. The maximum atomic E-state index is 12.2. The molecule has 4 N–H and O–H groups in total. The van der Waals surface area contributed by atoms with Crippen molar-refractivity contribution < 1.29 is 14.7 Å². The third-order valence-corrected chi connectivity index (χ3v) is 3.39. The molecule has 2 amide bonds. The van der Waals surface area contributed by atoms with Gasteiger partial charge in [0.25, 0.3) is 5.91 Å². The molecule has 0 aliphatic heterocycles. The smallest absolute Gasteiger partial charge is 0.274 e. The van der Waals surface area contributed by atoms with Gasteiger partial charge in [-0.15, -0.1) is 0 Å². The van der Waals surface area contributed by atoms with Crippen LogP contribution in [0, 0.1) is 0 Å². The predicted octanol–water partition coefficient (Wildman–Crippen LogP) is 2.29. The van der Waals surface area contributed by atoms with Gasteiger partial charge in [0, 0.05) is 6.20 Å². The highest BCUT2D eigenvalue weighted by atomic mass is 16.3. The van der Waals surface area contributed by atoms with E-state index in [1.54, 1.807) is 12.1 Å². The summed E-state index contributed by atoms with van der Waals surface area (Å²) in [6.07, 6.45) is 1.23. The third kappa shape index (κ3) is 2.96. The zero-order valence-corrected chi connectivity index (χ0v) is 12.0. The number of amides is 2. The van der Waals surface area contributed by atoms with E-state index in [4.69, 9.17) is 5.73 Å². The molecule has 6 heteroatoms. The van der Waals surface area contributed by atoms with Crippen molar-refractivity contribution >= 4 is 28.3 Å². The van der Waals surface area contributed by atoms with Crippen molar-refractivity contribution in [2.45, 2.75) is 0 Å². The molecule has 0 bridgehead atoms. The van der Waals surface area contributed by atoms with Crippen LogP contribution in [0.15, 0.2) is 54.7 Å². The first kappa shape index (κ1) is 14.5. The molecule has 1 aromatic heterocycles. The van der Waals surface area contributed by atoms with Crippen molar-refractivity contribution in [3.05, 3.63) is 66.0 Å². The van der Waals surface area contributed by atoms with Crippen LogP contribution in [0.5, 0.6) is 5.75 Å². The first-order valence-corrected chi connectivity index (χ1v) is 6.83. The predicted molar refractivity (Wildman–Crippen MR) is 86.3 cm³/mol. The van der Waals surface area contributed by atoms with Crippen LogP contribution in [0.4, 0.5) is 5.69 Å². The Morgan fingerprint density at radius 2 is 1.74 bits per heavy atom. The van der Waals surface area contributed by atoms with Crippen LogP contribution in [0.2, 0.25) is 0 Å². The number of phenols is 1. The van der Waals surface area contributed by atoms with E-state index in [1.165, 1.54) is 18.3 Å². The summed E-state index contributed by atoms with van der Waals surface area (Å²) in [5.74, 6) is -1.14. The van der Waals surface area contributed by atoms with E-state index in [0.717, 1.165) is 10.8 Å². The molecule has 0 saturated heterocycles. The number of rotatable bonds is 3. The Balaban J connectivity index is 1.87. The second-order valence-corrected chi connectivity index (χ2v) is 4.97. The van der Waals surface area contributed by atoms with Crippen molar-refractivity contribution in [3.8, 4) is 5.75 Å². The Hall–Kier alpha value is -3.41. The Morgan fingerprint density at radius 1 is 1.04 bits per heavy atom. The molecule has 0 atom stereocenters. The molecule has 2 aromatic carbocycles. The maximum Gasteiger partial charge on any atom is 0.274 e. The quantitative estimate of drug-likeness (QED) is 0.645. The van der Waals surface area contributed by atoms with Crippen molar-refractivity contribution in [3.63, 3.8) is 0 Å².